The summed E-state index contributed by atoms with van der Waals surface area (Å²) in [6.07, 6.45) is 2.05. The first-order chi connectivity index (χ1) is 15.3. The molecule has 2 amide bonds. The number of hydrazine groups is 1. The Hall–Kier alpha value is -3.13. The van der Waals surface area contributed by atoms with Crippen LogP contribution in [0.25, 0.3) is 0 Å². The number of ether oxygens (including phenoxy) is 2. The molecule has 0 heterocycles. The van der Waals surface area contributed by atoms with E-state index in [1.165, 1.54) is 5.56 Å². The highest BCUT2D eigenvalue weighted by molar-refractivity contribution is 7.80. The Morgan fingerprint density at radius 3 is 2.12 bits per heavy atom. The van der Waals surface area contributed by atoms with E-state index in [1.54, 1.807) is 24.3 Å². The van der Waals surface area contributed by atoms with Crippen LogP contribution in [0.2, 0.25) is 0 Å². The van der Waals surface area contributed by atoms with Crippen LogP contribution in [0.3, 0.4) is 0 Å². The molecule has 2 atom stereocenters. The summed E-state index contributed by atoms with van der Waals surface area (Å²) < 4.78 is 11.2. The number of hydrogen-bond donors (Lipinski definition) is 3. The van der Waals surface area contributed by atoms with E-state index in [1.807, 2.05) is 38.1 Å². The minimum atomic E-state index is -0.431. The number of thiocarbonyl (C=S) groups is 1. The smallest absolute Gasteiger partial charge is 0.276 e. The van der Waals surface area contributed by atoms with Crippen LogP contribution >= 0.6 is 12.2 Å². The summed E-state index contributed by atoms with van der Waals surface area (Å²) in [5.74, 6) is 0.939. The zero-order chi connectivity index (χ0) is 23.5. The molecule has 2 rings (SSSR count). The van der Waals surface area contributed by atoms with Gasteiger partial charge in [-0.2, -0.15) is 0 Å². The van der Waals surface area contributed by atoms with Crippen molar-refractivity contribution in [1.29, 1.82) is 0 Å². The lowest BCUT2D eigenvalue weighted by Crippen LogP contribution is -2.49. The van der Waals surface area contributed by atoms with Crippen LogP contribution in [0.4, 0.5) is 0 Å². The van der Waals surface area contributed by atoms with Gasteiger partial charge in [0, 0.05) is 5.56 Å². The summed E-state index contributed by atoms with van der Waals surface area (Å²) in [5.41, 5.74) is 6.53. The van der Waals surface area contributed by atoms with Crippen molar-refractivity contribution in [2.24, 2.45) is 0 Å². The first-order valence-electron chi connectivity index (χ1n) is 10.7. The molecule has 0 fully saturated rings. The van der Waals surface area contributed by atoms with Crippen molar-refractivity contribution in [2.75, 3.05) is 6.61 Å². The number of carbonyl (C=O) groups excluding carboxylic acids is 2. The standard InChI is InChI=1S/C24H31N3O4S/c1-5-16(3)18-7-11-20(12-8-18)30-15-22(28)26-27-24(32)25-23(29)19-9-13-21(14-10-19)31-17(4)6-2/h7-14,16-17H,5-6,15H2,1-4H3,(H,26,28)(H2,25,27,29,32). The third-order valence-electron chi connectivity index (χ3n) is 5.00. The lowest BCUT2D eigenvalue weighted by Gasteiger charge is -2.13. The lowest BCUT2D eigenvalue weighted by molar-refractivity contribution is -0.123. The van der Waals surface area contributed by atoms with E-state index in [0.29, 0.717) is 23.0 Å². The van der Waals surface area contributed by atoms with Gasteiger partial charge >= 0.3 is 0 Å². The van der Waals surface area contributed by atoms with Gasteiger partial charge in [-0.15, -0.1) is 0 Å². The molecule has 0 spiro atoms. The molecule has 0 aromatic heterocycles. The zero-order valence-corrected chi connectivity index (χ0v) is 19.8. The van der Waals surface area contributed by atoms with Crippen LogP contribution in [-0.4, -0.2) is 29.6 Å². The van der Waals surface area contributed by atoms with Gasteiger partial charge in [-0.05, 0) is 79.9 Å². The van der Waals surface area contributed by atoms with E-state index >= 15 is 0 Å². The molecule has 2 aromatic carbocycles. The maximum atomic E-state index is 12.3. The Labute approximate surface area is 194 Å². The Morgan fingerprint density at radius 1 is 0.906 bits per heavy atom. The molecule has 7 nitrogen and oxygen atoms in total. The normalized spacial score (nSPS) is 12.2. The number of carbonyl (C=O) groups is 2. The van der Waals surface area contributed by atoms with Crippen LogP contribution < -0.4 is 25.6 Å². The first kappa shape index (κ1) is 25.1. The van der Waals surface area contributed by atoms with Crippen LogP contribution in [0.5, 0.6) is 11.5 Å². The molecule has 0 radical (unpaired) electrons. The molecule has 2 aromatic rings. The van der Waals surface area contributed by atoms with Crippen molar-refractivity contribution < 1.29 is 19.1 Å². The summed E-state index contributed by atoms with van der Waals surface area (Å²) in [7, 11) is 0. The van der Waals surface area contributed by atoms with Gasteiger partial charge in [-0.3, -0.25) is 25.8 Å². The average Bonchev–Trinajstić information content (AvgIpc) is 2.81. The number of hydrogen-bond acceptors (Lipinski definition) is 5. The molecular formula is C24H31N3O4S. The number of amides is 2. The summed E-state index contributed by atoms with van der Waals surface area (Å²) in [6.45, 7) is 8.13. The highest BCUT2D eigenvalue weighted by Gasteiger charge is 2.10. The predicted molar refractivity (Wildman–Crippen MR) is 129 cm³/mol. The second kappa shape index (κ2) is 12.7. The minimum Gasteiger partial charge on any atom is -0.491 e. The van der Waals surface area contributed by atoms with Crippen molar-refractivity contribution in [3.05, 3.63) is 59.7 Å². The lowest BCUT2D eigenvalue weighted by atomic mass is 9.99. The molecule has 172 valence electrons. The molecule has 0 bridgehead atoms. The highest BCUT2D eigenvalue weighted by atomic mass is 32.1. The van der Waals surface area contributed by atoms with Gasteiger partial charge in [0.2, 0.25) is 0 Å². The molecule has 0 saturated carbocycles. The third kappa shape index (κ3) is 8.19. The van der Waals surface area contributed by atoms with Crippen LogP contribution in [0.15, 0.2) is 48.5 Å². The van der Waals surface area contributed by atoms with Gasteiger partial charge in [-0.25, -0.2) is 0 Å². The second-order valence-corrected chi connectivity index (χ2v) is 7.89. The van der Waals surface area contributed by atoms with Crippen LogP contribution in [0.1, 0.15) is 62.4 Å². The summed E-state index contributed by atoms with van der Waals surface area (Å²) >= 11 is 5.05. The molecule has 0 aliphatic heterocycles. The Bertz CT molecular complexity index is 900. The van der Waals surface area contributed by atoms with E-state index in [2.05, 4.69) is 30.0 Å². The van der Waals surface area contributed by atoms with Crippen molar-refractivity contribution in [3.8, 4) is 11.5 Å². The molecule has 0 aliphatic rings. The quantitative estimate of drug-likeness (QED) is 0.388. The van der Waals surface area contributed by atoms with E-state index < -0.39 is 11.8 Å². The predicted octanol–water partition coefficient (Wildman–Crippen LogP) is 4.09. The fraction of sp³-hybridized carbons (Fsp3) is 0.375. The molecule has 3 N–H and O–H groups in total. The fourth-order valence-corrected chi connectivity index (χ4v) is 2.79. The largest absolute Gasteiger partial charge is 0.491 e. The van der Waals surface area contributed by atoms with E-state index in [9.17, 15) is 9.59 Å². The molecular weight excluding hydrogens is 426 g/mol. The fourth-order valence-electron chi connectivity index (χ4n) is 2.65. The molecule has 32 heavy (non-hydrogen) atoms. The summed E-state index contributed by atoms with van der Waals surface area (Å²) in [4.78, 5) is 24.2. The number of benzene rings is 2. The van der Waals surface area contributed by atoms with Crippen LogP contribution in [0, 0.1) is 0 Å². The average molecular weight is 458 g/mol. The van der Waals surface area contributed by atoms with Crippen molar-refractivity contribution in [1.82, 2.24) is 16.2 Å². The Balaban J connectivity index is 1.72. The van der Waals surface area contributed by atoms with Crippen molar-refractivity contribution >= 4 is 29.1 Å². The van der Waals surface area contributed by atoms with Gasteiger partial charge in [-0.1, -0.05) is 32.9 Å². The maximum absolute atomic E-state index is 12.3. The van der Waals surface area contributed by atoms with Crippen LogP contribution in [-0.2, 0) is 4.79 Å². The van der Waals surface area contributed by atoms with E-state index in [-0.39, 0.29) is 17.8 Å². The Kier molecular flexibility index (Phi) is 9.94. The molecule has 8 heteroatoms. The highest BCUT2D eigenvalue weighted by Crippen LogP contribution is 2.21. The number of rotatable bonds is 9. The Morgan fingerprint density at radius 2 is 1.53 bits per heavy atom. The zero-order valence-electron chi connectivity index (χ0n) is 18.9. The topological polar surface area (TPSA) is 88.7 Å². The molecule has 0 saturated heterocycles. The molecule has 2 unspecified atom stereocenters. The second-order valence-electron chi connectivity index (χ2n) is 7.48. The molecule has 0 aliphatic carbocycles. The van der Waals surface area contributed by atoms with E-state index in [0.717, 1.165) is 12.8 Å². The van der Waals surface area contributed by atoms with E-state index in [4.69, 9.17) is 21.7 Å². The van der Waals surface area contributed by atoms with Gasteiger partial charge in [0.05, 0.1) is 6.10 Å². The van der Waals surface area contributed by atoms with Crippen molar-refractivity contribution in [2.45, 2.75) is 52.6 Å². The van der Waals surface area contributed by atoms with Crippen molar-refractivity contribution in [3.63, 3.8) is 0 Å². The monoisotopic (exact) mass is 457 g/mol. The summed E-state index contributed by atoms with van der Waals surface area (Å²) in [5, 5.41) is 2.48. The van der Waals surface area contributed by atoms with Gasteiger partial charge in [0.15, 0.2) is 11.7 Å². The van der Waals surface area contributed by atoms with Gasteiger partial charge in [0.1, 0.15) is 11.5 Å². The van der Waals surface area contributed by atoms with Gasteiger partial charge in [0.25, 0.3) is 11.8 Å². The third-order valence-corrected chi connectivity index (χ3v) is 5.21. The SMILES string of the molecule is CCC(C)Oc1ccc(C(=O)NC(=S)NNC(=O)COc2ccc(C(C)CC)cc2)cc1. The van der Waals surface area contributed by atoms with Gasteiger partial charge < -0.3 is 9.47 Å². The first-order valence-corrected chi connectivity index (χ1v) is 11.1. The minimum absolute atomic E-state index is 0.0267. The summed E-state index contributed by atoms with van der Waals surface area (Å²) in [6, 6.07) is 14.4. The maximum Gasteiger partial charge on any atom is 0.276 e. The number of nitrogens with one attached hydrogen (secondary N) is 3.